The van der Waals surface area contributed by atoms with E-state index in [9.17, 15) is 4.79 Å². The summed E-state index contributed by atoms with van der Waals surface area (Å²) in [6.07, 6.45) is 5.42. The molecule has 2 aromatic rings. The zero-order chi connectivity index (χ0) is 17.6. The number of hydrogen-bond acceptors (Lipinski definition) is 5. The lowest BCUT2D eigenvalue weighted by atomic mass is 10.2. The molecule has 0 bridgehead atoms. The molecule has 7 heteroatoms. The van der Waals surface area contributed by atoms with E-state index in [2.05, 4.69) is 34.1 Å². The van der Waals surface area contributed by atoms with Crippen LogP contribution in [0.4, 0.5) is 0 Å². The standard InChI is InChI=1S/C18H27N5O2/c1-14(2)23-17-15(13-21-23)11-16(12-20-17)18(24)19-5-3-6-22-7-4-9-25-10-8-22/h11-14H,3-10H2,1-2H3,(H,19,24). The van der Waals surface area contributed by atoms with Crippen molar-refractivity contribution < 1.29 is 9.53 Å². The molecule has 0 aromatic carbocycles. The Labute approximate surface area is 148 Å². The predicted molar refractivity (Wildman–Crippen MR) is 96.7 cm³/mol. The Hall–Kier alpha value is -1.99. The number of amides is 1. The van der Waals surface area contributed by atoms with Crippen LogP contribution in [0.2, 0.25) is 0 Å². The molecule has 0 saturated carbocycles. The molecule has 0 atom stereocenters. The smallest absolute Gasteiger partial charge is 0.252 e. The lowest BCUT2D eigenvalue weighted by Crippen LogP contribution is -2.31. The second-order valence-corrected chi connectivity index (χ2v) is 6.74. The molecule has 1 aliphatic rings. The first kappa shape index (κ1) is 17.8. The number of carbonyl (C=O) groups excluding carboxylic acids is 1. The molecule has 3 rings (SSSR count). The number of nitrogens with zero attached hydrogens (tertiary/aromatic N) is 4. The van der Waals surface area contributed by atoms with Gasteiger partial charge in [-0.05, 0) is 39.3 Å². The van der Waals surface area contributed by atoms with Crippen molar-refractivity contribution in [2.75, 3.05) is 39.4 Å². The number of pyridine rings is 1. The van der Waals surface area contributed by atoms with Gasteiger partial charge in [-0.15, -0.1) is 0 Å². The molecule has 0 radical (unpaired) electrons. The van der Waals surface area contributed by atoms with E-state index in [4.69, 9.17) is 4.74 Å². The van der Waals surface area contributed by atoms with E-state index < -0.39 is 0 Å². The van der Waals surface area contributed by atoms with Gasteiger partial charge in [-0.25, -0.2) is 9.67 Å². The molecule has 0 unspecified atom stereocenters. The van der Waals surface area contributed by atoms with Crippen LogP contribution in [0.1, 0.15) is 43.1 Å². The number of hydrogen-bond donors (Lipinski definition) is 1. The van der Waals surface area contributed by atoms with Crippen LogP contribution in [0.3, 0.4) is 0 Å². The van der Waals surface area contributed by atoms with Crippen molar-refractivity contribution in [1.82, 2.24) is 25.0 Å². The lowest BCUT2D eigenvalue weighted by Gasteiger charge is -2.18. The molecule has 25 heavy (non-hydrogen) atoms. The van der Waals surface area contributed by atoms with E-state index in [1.54, 1.807) is 12.4 Å². The average Bonchev–Trinajstić information content (AvgIpc) is 2.86. The maximum atomic E-state index is 12.3. The van der Waals surface area contributed by atoms with Crippen molar-refractivity contribution in [2.45, 2.75) is 32.7 Å². The number of ether oxygens (including phenoxy) is 1. The summed E-state index contributed by atoms with van der Waals surface area (Å²) in [5.74, 6) is -0.0779. The Bertz CT molecular complexity index is 705. The van der Waals surface area contributed by atoms with E-state index in [1.165, 1.54) is 0 Å². The van der Waals surface area contributed by atoms with Gasteiger partial charge in [-0.1, -0.05) is 0 Å². The van der Waals surface area contributed by atoms with Gasteiger partial charge in [0.05, 0.1) is 18.4 Å². The first-order chi connectivity index (χ1) is 12.1. The highest BCUT2D eigenvalue weighted by molar-refractivity contribution is 5.96. The molecule has 7 nitrogen and oxygen atoms in total. The molecule has 1 fully saturated rings. The van der Waals surface area contributed by atoms with Crippen molar-refractivity contribution >= 4 is 16.9 Å². The van der Waals surface area contributed by atoms with E-state index in [-0.39, 0.29) is 11.9 Å². The molecule has 1 aliphatic heterocycles. The molecule has 3 heterocycles. The van der Waals surface area contributed by atoms with Gasteiger partial charge in [0.15, 0.2) is 5.65 Å². The van der Waals surface area contributed by atoms with Gasteiger partial charge in [0, 0.05) is 43.9 Å². The normalized spacial score (nSPS) is 16.3. The van der Waals surface area contributed by atoms with Crippen LogP contribution in [0, 0.1) is 0 Å². The zero-order valence-corrected chi connectivity index (χ0v) is 15.1. The zero-order valence-electron chi connectivity index (χ0n) is 15.1. The highest BCUT2D eigenvalue weighted by Crippen LogP contribution is 2.16. The third-order valence-electron chi connectivity index (χ3n) is 4.44. The topological polar surface area (TPSA) is 72.3 Å². The fourth-order valence-corrected chi connectivity index (χ4v) is 3.07. The van der Waals surface area contributed by atoms with Gasteiger partial charge < -0.3 is 15.0 Å². The molecule has 0 aliphatic carbocycles. The summed E-state index contributed by atoms with van der Waals surface area (Å²) in [6.45, 7) is 9.50. The fourth-order valence-electron chi connectivity index (χ4n) is 3.07. The van der Waals surface area contributed by atoms with Gasteiger partial charge in [-0.3, -0.25) is 4.79 Å². The van der Waals surface area contributed by atoms with Crippen molar-refractivity contribution in [3.63, 3.8) is 0 Å². The van der Waals surface area contributed by atoms with Crippen molar-refractivity contribution in [3.05, 3.63) is 24.0 Å². The minimum absolute atomic E-state index is 0.0779. The largest absolute Gasteiger partial charge is 0.380 e. The maximum absolute atomic E-state index is 12.3. The summed E-state index contributed by atoms with van der Waals surface area (Å²) in [5, 5.41) is 8.22. The van der Waals surface area contributed by atoms with Crippen LogP contribution >= 0.6 is 0 Å². The summed E-state index contributed by atoms with van der Waals surface area (Å²) in [4.78, 5) is 19.1. The number of rotatable bonds is 6. The van der Waals surface area contributed by atoms with Crippen LogP contribution < -0.4 is 5.32 Å². The van der Waals surface area contributed by atoms with Crippen molar-refractivity contribution in [2.24, 2.45) is 0 Å². The van der Waals surface area contributed by atoms with Gasteiger partial charge in [-0.2, -0.15) is 5.10 Å². The summed E-state index contributed by atoms with van der Waals surface area (Å²) in [5.41, 5.74) is 1.40. The van der Waals surface area contributed by atoms with Gasteiger partial charge in [0.25, 0.3) is 5.91 Å². The van der Waals surface area contributed by atoms with E-state index in [0.717, 1.165) is 56.7 Å². The van der Waals surface area contributed by atoms with Crippen LogP contribution in [-0.2, 0) is 4.74 Å². The summed E-state index contributed by atoms with van der Waals surface area (Å²) < 4.78 is 7.32. The van der Waals surface area contributed by atoms with E-state index in [1.807, 2.05) is 10.7 Å². The van der Waals surface area contributed by atoms with Crippen molar-refractivity contribution in [3.8, 4) is 0 Å². The summed E-state index contributed by atoms with van der Waals surface area (Å²) >= 11 is 0. The minimum atomic E-state index is -0.0779. The van der Waals surface area contributed by atoms with Crippen LogP contribution in [0.15, 0.2) is 18.5 Å². The molecular formula is C18H27N5O2. The third-order valence-corrected chi connectivity index (χ3v) is 4.44. The second kappa shape index (κ2) is 8.40. The molecule has 2 aromatic heterocycles. The van der Waals surface area contributed by atoms with Crippen LogP contribution in [0.5, 0.6) is 0 Å². The molecule has 1 N–H and O–H groups in total. The maximum Gasteiger partial charge on any atom is 0.252 e. The Morgan fingerprint density at radius 2 is 2.20 bits per heavy atom. The monoisotopic (exact) mass is 345 g/mol. The summed E-state index contributed by atoms with van der Waals surface area (Å²) in [7, 11) is 0. The second-order valence-electron chi connectivity index (χ2n) is 6.74. The van der Waals surface area contributed by atoms with Crippen LogP contribution in [0.25, 0.3) is 11.0 Å². The summed E-state index contributed by atoms with van der Waals surface area (Å²) in [6, 6.07) is 2.10. The number of nitrogens with one attached hydrogen (secondary N) is 1. The quantitative estimate of drug-likeness (QED) is 0.809. The number of aromatic nitrogens is 3. The first-order valence-corrected chi connectivity index (χ1v) is 9.06. The Morgan fingerprint density at radius 1 is 1.32 bits per heavy atom. The fraction of sp³-hybridized carbons (Fsp3) is 0.611. The highest BCUT2D eigenvalue weighted by atomic mass is 16.5. The predicted octanol–water partition coefficient (Wildman–Crippen LogP) is 1.85. The Morgan fingerprint density at radius 3 is 3.04 bits per heavy atom. The number of fused-ring (bicyclic) bond motifs is 1. The Kier molecular flexibility index (Phi) is 5.99. The average molecular weight is 345 g/mol. The molecule has 1 amide bonds. The minimum Gasteiger partial charge on any atom is -0.380 e. The SMILES string of the molecule is CC(C)n1ncc2cc(C(=O)NCCCN3CCCOCC3)cnc21. The van der Waals surface area contributed by atoms with Gasteiger partial charge in [0.2, 0.25) is 0 Å². The van der Waals surface area contributed by atoms with Crippen molar-refractivity contribution in [1.29, 1.82) is 0 Å². The molecule has 0 spiro atoms. The highest BCUT2D eigenvalue weighted by Gasteiger charge is 2.12. The number of carbonyl (C=O) groups is 1. The first-order valence-electron chi connectivity index (χ1n) is 9.06. The lowest BCUT2D eigenvalue weighted by molar-refractivity contribution is 0.0951. The Balaban J connectivity index is 1.50. The van der Waals surface area contributed by atoms with E-state index in [0.29, 0.717) is 12.1 Å². The third kappa shape index (κ3) is 4.55. The molecule has 1 saturated heterocycles. The van der Waals surface area contributed by atoms with E-state index >= 15 is 0 Å². The molecule has 136 valence electrons. The van der Waals surface area contributed by atoms with Crippen LogP contribution in [-0.4, -0.2) is 65.0 Å². The molecular weight excluding hydrogens is 318 g/mol. The van der Waals surface area contributed by atoms with Gasteiger partial charge >= 0.3 is 0 Å². The van der Waals surface area contributed by atoms with Gasteiger partial charge in [0.1, 0.15) is 0 Å².